The topological polar surface area (TPSA) is 47.6 Å². The van der Waals surface area contributed by atoms with Crippen LogP contribution >= 0.6 is 0 Å². The summed E-state index contributed by atoms with van der Waals surface area (Å²) in [7, 11) is 1.60. The molecule has 0 aliphatic heterocycles. The Morgan fingerprint density at radius 3 is 2.57 bits per heavy atom. The number of amides is 1. The molecule has 0 heterocycles. The smallest absolute Gasteiger partial charge is 0.244 e. The molecular formula is C17H25NO3. The van der Waals surface area contributed by atoms with Crippen molar-refractivity contribution in [3.05, 3.63) is 29.8 Å². The molecule has 0 aliphatic carbocycles. The second-order valence-electron chi connectivity index (χ2n) is 5.40. The van der Waals surface area contributed by atoms with E-state index in [0.717, 1.165) is 12.0 Å². The molecule has 1 aromatic rings. The van der Waals surface area contributed by atoms with Crippen molar-refractivity contribution in [3.63, 3.8) is 0 Å². The van der Waals surface area contributed by atoms with E-state index in [1.807, 2.05) is 45.9 Å². The van der Waals surface area contributed by atoms with Crippen molar-refractivity contribution >= 4 is 12.0 Å². The first kappa shape index (κ1) is 17.1. The Bertz CT molecular complexity index is 507. The van der Waals surface area contributed by atoms with E-state index in [2.05, 4.69) is 5.32 Å². The third-order valence-corrected chi connectivity index (χ3v) is 3.26. The van der Waals surface area contributed by atoms with E-state index in [4.69, 9.17) is 9.47 Å². The fourth-order valence-corrected chi connectivity index (χ4v) is 1.70. The molecule has 4 heteroatoms. The lowest BCUT2D eigenvalue weighted by atomic mass is 10.0. The van der Waals surface area contributed by atoms with Crippen molar-refractivity contribution < 1.29 is 14.3 Å². The summed E-state index contributed by atoms with van der Waals surface area (Å²) in [5, 5.41) is 2.96. The zero-order chi connectivity index (χ0) is 15.9. The Hall–Kier alpha value is -1.97. The summed E-state index contributed by atoms with van der Waals surface area (Å²) in [5.74, 6) is 1.26. The molecule has 0 bridgehead atoms. The fourth-order valence-electron chi connectivity index (χ4n) is 1.70. The van der Waals surface area contributed by atoms with Gasteiger partial charge in [0.2, 0.25) is 5.91 Å². The molecule has 0 radical (unpaired) electrons. The van der Waals surface area contributed by atoms with Gasteiger partial charge >= 0.3 is 0 Å². The SMILES string of the molecule is CCOc1cc(/C=C/C(=O)NC(C)(C)CC)ccc1OC. The summed E-state index contributed by atoms with van der Waals surface area (Å²) in [4.78, 5) is 11.9. The van der Waals surface area contributed by atoms with Gasteiger partial charge in [0.1, 0.15) is 0 Å². The number of carbonyl (C=O) groups excluding carboxylic acids is 1. The maximum atomic E-state index is 11.9. The lowest BCUT2D eigenvalue weighted by Gasteiger charge is -2.23. The van der Waals surface area contributed by atoms with Gasteiger partial charge in [-0.2, -0.15) is 0 Å². The van der Waals surface area contributed by atoms with E-state index >= 15 is 0 Å². The molecule has 1 aromatic carbocycles. The molecule has 0 saturated heterocycles. The average molecular weight is 291 g/mol. The molecule has 4 nitrogen and oxygen atoms in total. The molecule has 0 unspecified atom stereocenters. The fraction of sp³-hybridized carbons (Fsp3) is 0.471. The third-order valence-electron chi connectivity index (χ3n) is 3.26. The van der Waals surface area contributed by atoms with Gasteiger partial charge in [0, 0.05) is 11.6 Å². The van der Waals surface area contributed by atoms with Gasteiger partial charge in [0.05, 0.1) is 13.7 Å². The van der Waals surface area contributed by atoms with Gasteiger partial charge in [-0.3, -0.25) is 4.79 Å². The quantitative estimate of drug-likeness (QED) is 0.783. The van der Waals surface area contributed by atoms with Gasteiger partial charge in [0.15, 0.2) is 11.5 Å². The summed E-state index contributed by atoms with van der Waals surface area (Å²) < 4.78 is 10.7. The van der Waals surface area contributed by atoms with Crippen LogP contribution in [0.2, 0.25) is 0 Å². The van der Waals surface area contributed by atoms with Crippen LogP contribution in [0.3, 0.4) is 0 Å². The van der Waals surface area contributed by atoms with Crippen molar-refractivity contribution in [1.29, 1.82) is 0 Å². The van der Waals surface area contributed by atoms with Gasteiger partial charge in [-0.15, -0.1) is 0 Å². The monoisotopic (exact) mass is 291 g/mol. The van der Waals surface area contributed by atoms with Crippen LogP contribution in [0.25, 0.3) is 6.08 Å². The molecule has 1 rings (SSSR count). The van der Waals surface area contributed by atoms with E-state index in [-0.39, 0.29) is 11.4 Å². The minimum Gasteiger partial charge on any atom is -0.493 e. The van der Waals surface area contributed by atoms with Crippen LogP contribution in [0.5, 0.6) is 11.5 Å². The third kappa shape index (κ3) is 5.50. The van der Waals surface area contributed by atoms with E-state index in [0.29, 0.717) is 18.1 Å². The van der Waals surface area contributed by atoms with E-state index in [9.17, 15) is 4.79 Å². The number of nitrogens with one attached hydrogen (secondary N) is 1. The molecule has 0 saturated carbocycles. The predicted molar refractivity (Wildman–Crippen MR) is 85.7 cm³/mol. The van der Waals surface area contributed by atoms with Crippen molar-refractivity contribution in [1.82, 2.24) is 5.32 Å². The molecule has 21 heavy (non-hydrogen) atoms. The number of carbonyl (C=O) groups is 1. The van der Waals surface area contributed by atoms with Gasteiger partial charge < -0.3 is 14.8 Å². The zero-order valence-electron chi connectivity index (χ0n) is 13.5. The number of hydrogen-bond acceptors (Lipinski definition) is 3. The average Bonchev–Trinajstić information content (AvgIpc) is 2.45. The molecule has 0 fully saturated rings. The number of ether oxygens (including phenoxy) is 2. The molecule has 0 atom stereocenters. The molecular weight excluding hydrogens is 266 g/mol. The minimum absolute atomic E-state index is 0.101. The van der Waals surface area contributed by atoms with Crippen LogP contribution in [0, 0.1) is 0 Å². The first-order chi connectivity index (χ1) is 9.91. The molecule has 0 aliphatic rings. The molecule has 0 spiro atoms. The lowest BCUT2D eigenvalue weighted by molar-refractivity contribution is -0.117. The van der Waals surface area contributed by atoms with E-state index in [1.165, 1.54) is 6.08 Å². The van der Waals surface area contributed by atoms with E-state index in [1.54, 1.807) is 13.2 Å². The Kier molecular flexibility index (Phi) is 6.28. The Labute approximate surface area is 127 Å². The van der Waals surface area contributed by atoms with Gasteiger partial charge in [-0.1, -0.05) is 13.0 Å². The number of benzene rings is 1. The van der Waals surface area contributed by atoms with Crippen LogP contribution in [-0.2, 0) is 4.79 Å². The first-order valence-corrected chi connectivity index (χ1v) is 7.23. The predicted octanol–water partition coefficient (Wildman–Crippen LogP) is 3.41. The summed E-state index contributed by atoms with van der Waals surface area (Å²) >= 11 is 0. The van der Waals surface area contributed by atoms with Crippen molar-refractivity contribution in [2.45, 2.75) is 39.7 Å². The van der Waals surface area contributed by atoms with Crippen LogP contribution < -0.4 is 14.8 Å². The number of rotatable bonds is 7. The lowest BCUT2D eigenvalue weighted by Crippen LogP contribution is -2.41. The largest absolute Gasteiger partial charge is 0.493 e. The maximum absolute atomic E-state index is 11.9. The zero-order valence-corrected chi connectivity index (χ0v) is 13.5. The van der Waals surface area contributed by atoms with Crippen molar-refractivity contribution in [2.24, 2.45) is 0 Å². The van der Waals surface area contributed by atoms with Crippen LogP contribution in [0.15, 0.2) is 24.3 Å². The minimum atomic E-state index is -0.197. The molecule has 0 aromatic heterocycles. The van der Waals surface area contributed by atoms with Gasteiger partial charge in [0.25, 0.3) is 0 Å². The normalized spacial score (nSPS) is 11.5. The van der Waals surface area contributed by atoms with Gasteiger partial charge in [-0.05, 0) is 51.0 Å². The summed E-state index contributed by atoms with van der Waals surface area (Å²) in [5.41, 5.74) is 0.696. The van der Waals surface area contributed by atoms with Crippen LogP contribution in [0.1, 0.15) is 39.7 Å². The highest BCUT2D eigenvalue weighted by Gasteiger charge is 2.15. The first-order valence-electron chi connectivity index (χ1n) is 7.23. The number of methoxy groups -OCH3 is 1. The second-order valence-corrected chi connectivity index (χ2v) is 5.40. The highest BCUT2D eigenvalue weighted by molar-refractivity contribution is 5.92. The van der Waals surface area contributed by atoms with Gasteiger partial charge in [-0.25, -0.2) is 0 Å². The molecule has 1 amide bonds. The Balaban J connectivity index is 2.80. The van der Waals surface area contributed by atoms with Crippen molar-refractivity contribution in [3.8, 4) is 11.5 Å². The maximum Gasteiger partial charge on any atom is 0.244 e. The highest BCUT2D eigenvalue weighted by Crippen LogP contribution is 2.28. The Morgan fingerprint density at radius 1 is 1.29 bits per heavy atom. The van der Waals surface area contributed by atoms with Crippen LogP contribution in [0.4, 0.5) is 0 Å². The standard InChI is InChI=1S/C17H25NO3/c1-6-17(3,4)18-16(19)11-9-13-8-10-14(20-5)15(12-13)21-7-2/h8-12H,6-7H2,1-5H3,(H,18,19)/b11-9+. The molecule has 1 N–H and O–H groups in total. The Morgan fingerprint density at radius 2 is 2.00 bits per heavy atom. The van der Waals surface area contributed by atoms with E-state index < -0.39 is 0 Å². The molecule has 116 valence electrons. The van der Waals surface area contributed by atoms with Crippen LogP contribution in [-0.4, -0.2) is 25.2 Å². The highest BCUT2D eigenvalue weighted by atomic mass is 16.5. The summed E-state index contributed by atoms with van der Waals surface area (Å²) in [6, 6.07) is 5.58. The summed E-state index contributed by atoms with van der Waals surface area (Å²) in [6.45, 7) is 8.53. The van der Waals surface area contributed by atoms with Crippen molar-refractivity contribution in [2.75, 3.05) is 13.7 Å². The number of hydrogen-bond donors (Lipinski definition) is 1. The second kappa shape index (κ2) is 7.72. The summed E-state index contributed by atoms with van der Waals surface area (Å²) in [6.07, 6.45) is 4.18.